The van der Waals surface area contributed by atoms with E-state index in [0.717, 1.165) is 18.4 Å². The zero-order chi connectivity index (χ0) is 15.1. The third kappa shape index (κ3) is 16.7. The van der Waals surface area contributed by atoms with Gasteiger partial charge in [0.15, 0.2) is 0 Å². The van der Waals surface area contributed by atoms with Crippen LogP contribution < -0.4 is 5.73 Å². The fourth-order valence-corrected chi connectivity index (χ4v) is 4.28. The molecule has 0 spiro atoms. The van der Waals surface area contributed by atoms with Crippen molar-refractivity contribution in [2.75, 3.05) is 29.6 Å². The monoisotopic (exact) mass is 319 g/mol. The van der Waals surface area contributed by atoms with Crippen LogP contribution in [0.2, 0.25) is 0 Å². The Bertz CT molecular complexity index is 186. The Kier molecular flexibility index (Phi) is 16.6. The van der Waals surface area contributed by atoms with Crippen molar-refractivity contribution in [1.29, 1.82) is 0 Å². The molecule has 0 heterocycles. The second-order valence-corrected chi connectivity index (χ2v) is 8.65. The average molecular weight is 320 g/mol. The van der Waals surface area contributed by atoms with E-state index in [1.807, 2.05) is 0 Å². The summed E-state index contributed by atoms with van der Waals surface area (Å²) in [5, 5.41) is 0. The zero-order valence-electron chi connectivity index (χ0n) is 14.0. The molecule has 0 aromatic carbocycles. The Morgan fingerprint density at radius 3 is 1.95 bits per heavy atom. The van der Waals surface area contributed by atoms with Gasteiger partial charge in [0.05, 0.1) is 0 Å². The molecule has 20 heavy (non-hydrogen) atoms. The van der Waals surface area contributed by atoms with E-state index in [-0.39, 0.29) is 0 Å². The number of unbranched alkanes of at least 4 members (excludes halogenated alkanes) is 4. The van der Waals surface area contributed by atoms with Crippen LogP contribution in [0.4, 0.5) is 0 Å². The molecule has 0 rings (SSSR count). The van der Waals surface area contributed by atoms with Crippen molar-refractivity contribution in [1.82, 2.24) is 0 Å². The first-order valence-corrected chi connectivity index (χ1v) is 10.8. The highest BCUT2D eigenvalue weighted by atomic mass is 32.2. The van der Waals surface area contributed by atoms with E-state index in [4.69, 9.17) is 5.73 Å². The maximum Gasteiger partial charge on any atom is -0.00418 e. The topological polar surface area (TPSA) is 26.0 Å². The van der Waals surface area contributed by atoms with Gasteiger partial charge in [0.2, 0.25) is 0 Å². The van der Waals surface area contributed by atoms with Crippen LogP contribution >= 0.6 is 23.5 Å². The maximum atomic E-state index is 5.50. The molecular formula is C17H37NS2. The first kappa shape index (κ1) is 20.7. The van der Waals surface area contributed by atoms with Gasteiger partial charge in [-0.2, -0.15) is 23.5 Å². The Morgan fingerprint density at radius 1 is 0.750 bits per heavy atom. The van der Waals surface area contributed by atoms with E-state index >= 15 is 0 Å². The van der Waals surface area contributed by atoms with E-state index < -0.39 is 0 Å². The summed E-state index contributed by atoms with van der Waals surface area (Å²) in [6.07, 6.45) is 9.51. The number of rotatable bonds is 15. The summed E-state index contributed by atoms with van der Waals surface area (Å²) in [6.45, 7) is 7.88. The van der Waals surface area contributed by atoms with Gasteiger partial charge >= 0.3 is 0 Å². The average Bonchev–Trinajstić information content (AvgIpc) is 2.41. The molecule has 0 amide bonds. The number of thioether (sulfide) groups is 2. The number of hydrogen-bond donors (Lipinski definition) is 1. The molecule has 0 aliphatic carbocycles. The molecule has 2 N–H and O–H groups in total. The Balaban J connectivity index is 3.13. The zero-order valence-corrected chi connectivity index (χ0v) is 15.7. The molecule has 1 unspecified atom stereocenters. The molecule has 1 atom stereocenters. The molecule has 0 saturated heterocycles. The van der Waals surface area contributed by atoms with Crippen LogP contribution in [0.15, 0.2) is 0 Å². The summed E-state index contributed by atoms with van der Waals surface area (Å²) in [6, 6.07) is 0. The molecule has 0 aromatic heterocycles. The molecule has 0 fully saturated rings. The summed E-state index contributed by atoms with van der Waals surface area (Å²) < 4.78 is 0. The van der Waals surface area contributed by atoms with Crippen molar-refractivity contribution in [3.63, 3.8) is 0 Å². The van der Waals surface area contributed by atoms with Crippen molar-refractivity contribution in [3.05, 3.63) is 0 Å². The van der Waals surface area contributed by atoms with E-state index in [9.17, 15) is 0 Å². The lowest BCUT2D eigenvalue weighted by Crippen LogP contribution is -2.01. The van der Waals surface area contributed by atoms with Gasteiger partial charge in [0, 0.05) is 0 Å². The minimum absolute atomic E-state index is 0.847. The van der Waals surface area contributed by atoms with Crippen molar-refractivity contribution in [2.45, 2.75) is 65.7 Å². The van der Waals surface area contributed by atoms with Gasteiger partial charge in [-0.1, -0.05) is 40.0 Å². The van der Waals surface area contributed by atoms with Gasteiger partial charge in [-0.15, -0.1) is 0 Å². The molecule has 0 aliphatic heterocycles. The van der Waals surface area contributed by atoms with Crippen molar-refractivity contribution < 1.29 is 0 Å². The van der Waals surface area contributed by atoms with Crippen LogP contribution in [0.3, 0.4) is 0 Å². The lowest BCUT2D eigenvalue weighted by Gasteiger charge is -2.10. The summed E-state index contributed by atoms with van der Waals surface area (Å²) >= 11 is 4.29. The Hall–Kier alpha value is 0.660. The fourth-order valence-electron chi connectivity index (χ4n) is 2.09. The van der Waals surface area contributed by atoms with Crippen LogP contribution in [0.25, 0.3) is 0 Å². The van der Waals surface area contributed by atoms with Crippen molar-refractivity contribution >= 4 is 23.5 Å². The van der Waals surface area contributed by atoms with Crippen LogP contribution in [0, 0.1) is 11.8 Å². The van der Waals surface area contributed by atoms with E-state index in [1.165, 1.54) is 68.0 Å². The maximum absolute atomic E-state index is 5.50. The minimum atomic E-state index is 0.847. The molecule has 3 heteroatoms. The summed E-state index contributed by atoms with van der Waals surface area (Å²) in [7, 11) is 0. The number of hydrogen-bond acceptors (Lipinski definition) is 3. The first-order valence-electron chi connectivity index (χ1n) is 8.52. The highest BCUT2D eigenvalue weighted by molar-refractivity contribution is 7.99. The largest absolute Gasteiger partial charge is 0.330 e. The third-order valence-electron chi connectivity index (χ3n) is 3.33. The fraction of sp³-hybridized carbons (Fsp3) is 1.00. The lowest BCUT2D eigenvalue weighted by molar-refractivity contribution is 0.527. The molecule has 0 aromatic rings. The number of nitrogens with two attached hydrogens (primary N) is 1. The molecule has 0 bridgehead atoms. The molecule has 0 aliphatic rings. The van der Waals surface area contributed by atoms with Gasteiger partial charge in [0.1, 0.15) is 0 Å². The summed E-state index contributed by atoms with van der Waals surface area (Å²) in [5.41, 5.74) is 5.50. The SMILES string of the molecule is CC(C)CSCCCCSCC(C)CCCCCCN. The molecule has 122 valence electrons. The Labute approximate surface area is 136 Å². The van der Waals surface area contributed by atoms with Crippen LogP contribution in [-0.2, 0) is 0 Å². The van der Waals surface area contributed by atoms with Gasteiger partial charge in [0.25, 0.3) is 0 Å². The summed E-state index contributed by atoms with van der Waals surface area (Å²) in [5.74, 6) is 7.15. The second kappa shape index (κ2) is 16.0. The minimum Gasteiger partial charge on any atom is -0.330 e. The van der Waals surface area contributed by atoms with Gasteiger partial charge < -0.3 is 5.73 Å². The quantitative estimate of drug-likeness (QED) is 0.407. The van der Waals surface area contributed by atoms with Crippen LogP contribution in [0.5, 0.6) is 0 Å². The molecular weight excluding hydrogens is 282 g/mol. The first-order chi connectivity index (χ1) is 9.66. The van der Waals surface area contributed by atoms with E-state index in [0.29, 0.717) is 0 Å². The van der Waals surface area contributed by atoms with Crippen LogP contribution in [-0.4, -0.2) is 29.6 Å². The van der Waals surface area contributed by atoms with Gasteiger partial charge in [-0.25, -0.2) is 0 Å². The van der Waals surface area contributed by atoms with Crippen molar-refractivity contribution in [2.24, 2.45) is 17.6 Å². The van der Waals surface area contributed by atoms with E-state index in [1.54, 1.807) is 0 Å². The van der Waals surface area contributed by atoms with Crippen molar-refractivity contribution in [3.8, 4) is 0 Å². The summed E-state index contributed by atoms with van der Waals surface area (Å²) in [4.78, 5) is 0. The predicted molar refractivity (Wildman–Crippen MR) is 100 cm³/mol. The highest BCUT2D eigenvalue weighted by Crippen LogP contribution is 2.17. The van der Waals surface area contributed by atoms with Gasteiger partial charge in [-0.3, -0.25) is 0 Å². The standard InChI is InChI=1S/C17H37NS2/c1-16(2)14-19-12-8-9-13-20-15-17(3)10-6-4-5-7-11-18/h16-17H,4-15,18H2,1-3H3. The molecule has 1 nitrogen and oxygen atoms in total. The predicted octanol–water partition coefficient (Wildman–Crippen LogP) is 5.43. The van der Waals surface area contributed by atoms with E-state index in [2.05, 4.69) is 44.3 Å². The Morgan fingerprint density at radius 2 is 1.35 bits per heavy atom. The smallest absolute Gasteiger partial charge is 0.00418 e. The normalized spacial score (nSPS) is 13.1. The van der Waals surface area contributed by atoms with Crippen LogP contribution in [0.1, 0.15) is 65.7 Å². The second-order valence-electron chi connectivity index (χ2n) is 6.35. The lowest BCUT2D eigenvalue weighted by atomic mass is 10.0. The highest BCUT2D eigenvalue weighted by Gasteiger charge is 2.02. The van der Waals surface area contributed by atoms with Gasteiger partial charge in [-0.05, 0) is 67.1 Å². The molecule has 0 saturated carbocycles. The molecule has 0 radical (unpaired) electrons. The third-order valence-corrected chi connectivity index (χ3v) is 6.19.